The second-order valence-corrected chi connectivity index (χ2v) is 6.35. The second kappa shape index (κ2) is 6.33. The van der Waals surface area contributed by atoms with Crippen LogP contribution in [0.4, 0.5) is 13.2 Å². The summed E-state index contributed by atoms with van der Waals surface area (Å²) >= 11 is 0. The van der Waals surface area contributed by atoms with E-state index in [4.69, 9.17) is 0 Å². The Balaban J connectivity index is 1.92. The molecule has 3 rings (SSSR count). The zero-order chi connectivity index (χ0) is 18.4. The number of fused-ring (bicyclic) bond motifs is 2. The van der Waals surface area contributed by atoms with E-state index in [0.29, 0.717) is 18.5 Å². The van der Waals surface area contributed by atoms with Gasteiger partial charge in [0.2, 0.25) is 0 Å². The number of nitrogens with one attached hydrogen (secondary N) is 1. The molecule has 1 fully saturated rings. The minimum Gasteiger partial charge on any atom is -0.438 e. The van der Waals surface area contributed by atoms with Crippen molar-refractivity contribution < 1.29 is 27.5 Å². The molecule has 2 unspecified atom stereocenters. The first-order valence-electron chi connectivity index (χ1n) is 8.17. The van der Waals surface area contributed by atoms with Crippen molar-refractivity contribution in [1.82, 2.24) is 10.2 Å². The average Bonchev–Trinajstić information content (AvgIpc) is 2.54. The number of piperazine rings is 1. The zero-order valence-electron chi connectivity index (χ0n) is 13.9. The molecule has 1 N–H and O–H groups in total. The Hall–Kier alpha value is -2.09. The van der Waals surface area contributed by atoms with E-state index in [-0.39, 0.29) is 12.5 Å². The summed E-state index contributed by atoms with van der Waals surface area (Å²) in [4.78, 5) is 25.5. The Labute approximate surface area is 143 Å². The summed E-state index contributed by atoms with van der Waals surface area (Å²) in [6, 6.07) is 3.22. The van der Waals surface area contributed by atoms with Crippen LogP contribution in [0.3, 0.4) is 0 Å². The number of nitrogens with zero attached hydrogens (tertiary/aromatic N) is 1. The van der Waals surface area contributed by atoms with Gasteiger partial charge in [-0.2, -0.15) is 13.2 Å². The molecule has 0 saturated carbocycles. The molecular weight excluding hydrogens is 337 g/mol. The van der Waals surface area contributed by atoms with Gasteiger partial charge in [0.25, 0.3) is 5.91 Å². The number of rotatable bonds is 2. The van der Waals surface area contributed by atoms with Crippen LogP contribution in [0, 0.1) is 6.92 Å². The number of alkyl halides is 3. The van der Waals surface area contributed by atoms with Gasteiger partial charge in [-0.05, 0) is 36.5 Å². The lowest BCUT2D eigenvalue weighted by atomic mass is 9.87. The van der Waals surface area contributed by atoms with Crippen molar-refractivity contribution in [3.05, 3.63) is 34.4 Å². The first-order chi connectivity index (χ1) is 11.7. The molecule has 0 bridgehead atoms. The van der Waals surface area contributed by atoms with Gasteiger partial charge >= 0.3 is 12.1 Å². The fraction of sp³-hybridized carbons (Fsp3) is 0.529. The summed E-state index contributed by atoms with van der Waals surface area (Å²) < 4.78 is 42.1. The molecule has 25 heavy (non-hydrogen) atoms. The normalized spacial score (nSPS) is 23.1. The number of hydrogen-bond acceptors (Lipinski definition) is 4. The summed E-state index contributed by atoms with van der Waals surface area (Å²) in [6.07, 6.45) is -5.10. The molecule has 2 aliphatic rings. The van der Waals surface area contributed by atoms with Crippen LogP contribution in [-0.2, 0) is 22.4 Å². The molecule has 1 aromatic rings. The van der Waals surface area contributed by atoms with Crippen LogP contribution < -0.4 is 5.32 Å². The highest BCUT2D eigenvalue weighted by Gasteiger charge is 2.47. The summed E-state index contributed by atoms with van der Waals surface area (Å²) in [5, 5.41) is 2.78. The summed E-state index contributed by atoms with van der Waals surface area (Å²) in [5.74, 6) is -2.47. The average molecular weight is 356 g/mol. The van der Waals surface area contributed by atoms with Crippen molar-refractivity contribution in [3.8, 4) is 0 Å². The third kappa shape index (κ3) is 3.22. The molecule has 136 valence electrons. The Kier molecular flexibility index (Phi) is 4.49. The highest BCUT2D eigenvalue weighted by Crippen LogP contribution is 2.31. The number of halogens is 3. The predicted octanol–water partition coefficient (Wildman–Crippen LogP) is 1.96. The van der Waals surface area contributed by atoms with Gasteiger partial charge in [0.05, 0.1) is 6.04 Å². The van der Waals surface area contributed by atoms with E-state index < -0.39 is 24.4 Å². The van der Waals surface area contributed by atoms with Crippen molar-refractivity contribution in [2.24, 2.45) is 0 Å². The molecule has 8 heteroatoms. The van der Waals surface area contributed by atoms with Crippen molar-refractivity contribution in [1.29, 1.82) is 0 Å². The fourth-order valence-corrected chi connectivity index (χ4v) is 3.55. The smallest absolute Gasteiger partial charge is 0.438 e. The monoisotopic (exact) mass is 356 g/mol. The molecule has 2 heterocycles. The van der Waals surface area contributed by atoms with Gasteiger partial charge in [-0.25, -0.2) is 4.79 Å². The van der Waals surface area contributed by atoms with Crippen LogP contribution in [0.15, 0.2) is 12.1 Å². The number of benzene rings is 1. The lowest BCUT2D eigenvalue weighted by Crippen LogP contribution is -2.63. The molecule has 5 nitrogen and oxygen atoms in total. The maximum Gasteiger partial charge on any atom is 0.490 e. The van der Waals surface area contributed by atoms with Crippen molar-refractivity contribution in [2.75, 3.05) is 13.1 Å². The topological polar surface area (TPSA) is 58.6 Å². The van der Waals surface area contributed by atoms with Gasteiger partial charge in [-0.1, -0.05) is 19.1 Å². The highest BCUT2D eigenvalue weighted by molar-refractivity contribution is 5.98. The van der Waals surface area contributed by atoms with Gasteiger partial charge in [0.1, 0.15) is 0 Å². The van der Waals surface area contributed by atoms with E-state index in [9.17, 15) is 22.8 Å². The van der Waals surface area contributed by atoms with Crippen LogP contribution in [0.1, 0.15) is 34.0 Å². The van der Waals surface area contributed by atoms with Crippen molar-refractivity contribution in [3.63, 3.8) is 0 Å². The number of amides is 1. The number of carbonyl (C=O) groups excluding carboxylic acids is 2. The van der Waals surface area contributed by atoms with Crippen LogP contribution in [0.25, 0.3) is 0 Å². The molecule has 2 aliphatic heterocycles. The molecule has 0 spiro atoms. The van der Waals surface area contributed by atoms with E-state index >= 15 is 0 Å². The van der Waals surface area contributed by atoms with Gasteiger partial charge in [-0.3, -0.25) is 10.1 Å². The SMILES string of the molecule is CCc1cc(C)c2c(c1)CC1C(OC(=O)C(F)(F)F)NCCN1C2=O. The lowest BCUT2D eigenvalue weighted by molar-refractivity contribution is -0.210. The molecule has 1 aromatic carbocycles. The van der Waals surface area contributed by atoms with E-state index in [1.807, 2.05) is 26.0 Å². The van der Waals surface area contributed by atoms with Crippen LogP contribution in [-0.4, -0.2) is 48.3 Å². The Bertz CT molecular complexity index is 718. The fourth-order valence-electron chi connectivity index (χ4n) is 3.55. The predicted molar refractivity (Wildman–Crippen MR) is 83.0 cm³/mol. The van der Waals surface area contributed by atoms with Crippen molar-refractivity contribution >= 4 is 11.9 Å². The number of ether oxygens (including phenoxy) is 1. The quantitative estimate of drug-likeness (QED) is 0.823. The van der Waals surface area contributed by atoms with Crippen LogP contribution in [0.5, 0.6) is 0 Å². The van der Waals surface area contributed by atoms with Gasteiger partial charge in [0, 0.05) is 18.7 Å². The molecule has 1 amide bonds. The molecule has 0 aromatic heterocycles. The molecule has 1 saturated heterocycles. The standard InChI is InChI=1S/C17H19F3N2O3/c1-3-10-6-9(2)13-11(7-10)8-12-14(25-16(24)17(18,19)20)21-4-5-22(12)15(13)23/h6-7,12,14,21H,3-5,8H2,1-2H3. The molecular formula is C17H19F3N2O3. The molecule has 0 radical (unpaired) electrons. The maximum atomic E-state index is 12.8. The Morgan fingerprint density at radius 2 is 2.12 bits per heavy atom. The van der Waals surface area contributed by atoms with Crippen LogP contribution >= 0.6 is 0 Å². The number of esters is 1. The minimum absolute atomic E-state index is 0.221. The largest absolute Gasteiger partial charge is 0.490 e. The first kappa shape index (κ1) is 17.7. The summed E-state index contributed by atoms with van der Waals surface area (Å²) in [7, 11) is 0. The third-order valence-corrected chi connectivity index (χ3v) is 4.70. The highest BCUT2D eigenvalue weighted by atomic mass is 19.4. The van der Waals surface area contributed by atoms with Gasteiger partial charge in [0.15, 0.2) is 6.23 Å². The van der Waals surface area contributed by atoms with E-state index in [1.54, 1.807) is 0 Å². The van der Waals surface area contributed by atoms with E-state index in [0.717, 1.165) is 23.1 Å². The number of aryl methyl sites for hydroxylation is 2. The number of carbonyl (C=O) groups is 2. The molecule has 2 atom stereocenters. The lowest BCUT2D eigenvalue weighted by Gasteiger charge is -2.44. The van der Waals surface area contributed by atoms with Crippen molar-refractivity contribution in [2.45, 2.75) is 45.1 Å². The second-order valence-electron chi connectivity index (χ2n) is 6.35. The van der Waals surface area contributed by atoms with Gasteiger partial charge in [-0.15, -0.1) is 0 Å². The van der Waals surface area contributed by atoms with E-state index in [2.05, 4.69) is 10.1 Å². The maximum absolute atomic E-state index is 12.8. The van der Waals surface area contributed by atoms with E-state index in [1.165, 1.54) is 4.90 Å². The Morgan fingerprint density at radius 3 is 2.76 bits per heavy atom. The first-order valence-corrected chi connectivity index (χ1v) is 8.17. The molecule has 0 aliphatic carbocycles. The van der Waals surface area contributed by atoms with Crippen LogP contribution in [0.2, 0.25) is 0 Å². The number of hydrogen-bond donors (Lipinski definition) is 1. The Morgan fingerprint density at radius 1 is 1.40 bits per heavy atom. The summed E-state index contributed by atoms with van der Waals surface area (Å²) in [6.45, 7) is 4.48. The summed E-state index contributed by atoms with van der Waals surface area (Å²) in [5.41, 5.74) is 3.32. The third-order valence-electron chi connectivity index (χ3n) is 4.70. The van der Waals surface area contributed by atoms with Gasteiger partial charge < -0.3 is 9.64 Å². The zero-order valence-corrected chi connectivity index (χ0v) is 13.9. The minimum atomic E-state index is -5.06.